The Kier molecular flexibility index (Phi) is 5.43. The summed E-state index contributed by atoms with van der Waals surface area (Å²) >= 11 is 1.95. The van der Waals surface area contributed by atoms with Crippen LogP contribution in [0.4, 0.5) is 4.79 Å². The van der Waals surface area contributed by atoms with E-state index in [1.54, 1.807) is 0 Å². The average molecular weight is 284 g/mol. The highest BCUT2D eigenvalue weighted by Gasteiger charge is 2.32. The number of rotatable bonds is 3. The molecular formula is C15H28N2OS. The fourth-order valence-corrected chi connectivity index (χ4v) is 4.12. The van der Waals surface area contributed by atoms with Gasteiger partial charge in [-0.15, -0.1) is 0 Å². The van der Waals surface area contributed by atoms with Crippen molar-refractivity contribution in [1.82, 2.24) is 10.2 Å². The highest BCUT2D eigenvalue weighted by Crippen LogP contribution is 2.38. The number of amides is 2. The van der Waals surface area contributed by atoms with Gasteiger partial charge in [-0.1, -0.05) is 26.2 Å². The second kappa shape index (κ2) is 6.87. The number of thioether (sulfide) groups is 1. The van der Waals surface area contributed by atoms with Crippen LogP contribution in [0.5, 0.6) is 0 Å². The van der Waals surface area contributed by atoms with Gasteiger partial charge in [-0.05, 0) is 37.9 Å². The number of nitrogens with one attached hydrogen (secondary N) is 1. The Morgan fingerprint density at radius 1 is 1.26 bits per heavy atom. The van der Waals surface area contributed by atoms with Crippen LogP contribution in [0.3, 0.4) is 0 Å². The molecule has 19 heavy (non-hydrogen) atoms. The molecule has 0 bridgehead atoms. The Morgan fingerprint density at radius 3 is 2.47 bits per heavy atom. The van der Waals surface area contributed by atoms with E-state index in [4.69, 9.17) is 0 Å². The third-order valence-electron chi connectivity index (χ3n) is 4.83. The quantitative estimate of drug-likeness (QED) is 0.860. The number of carbonyl (C=O) groups is 1. The lowest BCUT2D eigenvalue weighted by Gasteiger charge is -2.37. The third-order valence-corrected chi connectivity index (χ3v) is 6.25. The van der Waals surface area contributed by atoms with E-state index in [9.17, 15) is 4.79 Å². The second-order valence-electron chi connectivity index (χ2n) is 6.28. The van der Waals surface area contributed by atoms with Crippen molar-refractivity contribution < 1.29 is 4.79 Å². The molecule has 0 unspecified atom stereocenters. The average Bonchev–Trinajstić information content (AvgIpc) is 2.46. The van der Waals surface area contributed by atoms with Gasteiger partial charge in [-0.2, -0.15) is 11.8 Å². The molecule has 3 nitrogen and oxygen atoms in total. The van der Waals surface area contributed by atoms with Crippen molar-refractivity contribution in [2.45, 2.75) is 56.6 Å². The molecule has 1 aliphatic heterocycles. The summed E-state index contributed by atoms with van der Waals surface area (Å²) in [5.41, 5.74) is 0. The molecule has 110 valence electrons. The lowest BCUT2D eigenvalue weighted by Crippen LogP contribution is -2.49. The van der Waals surface area contributed by atoms with Crippen LogP contribution in [0, 0.1) is 5.92 Å². The monoisotopic (exact) mass is 284 g/mol. The minimum atomic E-state index is 0.158. The summed E-state index contributed by atoms with van der Waals surface area (Å²) in [4.78, 5) is 14.2. The van der Waals surface area contributed by atoms with Crippen molar-refractivity contribution >= 4 is 17.8 Å². The number of piperidine rings is 1. The third kappa shape index (κ3) is 4.04. The number of hydrogen-bond donors (Lipinski definition) is 1. The summed E-state index contributed by atoms with van der Waals surface area (Å²) in [7, 11) is 0. The Hall–Kier alpha value is -0.380. The summed E-state index contributed by atoms with van der Waals surface area (Å²) in [6.45, 7) is 4.98. The van der Waals surface area contributed by atoms with Crippen LogP contribution in [0.15, 0.2) is 0 Å². The molecule has 1 saturated heterocycles. The summed E-state index contributed by atoms with van der Waals surface area (Å²) in [6.07, 6.45) is 11.0. The van der Waals surface area contributed by atoms with E-state index in [1.165, 1.54) is 32.1 Å². The van der Waals surface area contributed by atoms with Gasteiger partial charge in [0.25, 0.3) is 0 Å². The van der Waals surface area contributed by atoms with Crippen molar-refractivity contribution in [3.63, 3.8) is 0 Å². The molecule has 0 radical (unpaired) electrons. The topological polar surface area (TPSA) is 32.3 Å². The molecular weight excluding hydrogens is 256 g/mol. The van der Waals surface area contributed by atoms with Crippen LogP contribution in [0.1, 0.15) is 51.9 Å². The number of nitrogens with zero attached hydrogens (tertiary/aromatic N) is 1. The van der Waals surface area contributed by atoms with Crippen molar-refractivity contribution in [3.8, 4) is 0 Å². The fourth-order valence-electron chi connectivity index (χ4n) is 3.21. The molecule has 1 heterocycles. The van der Waals surface area contributed by atoms with Gasteiger partial charge < -0.3 is 10.2 Å². The lowest BCUT2D eigenvalue weighted by atomic mass is 9.88. The van der Waals surface area contributed by atoms with Gasteiger partial charge in [-0.3, -0.25) is 0 Å². The maximum Gasteiger partial charge on any atom is 0.317 e. The van der Waals surface area contributed by atoms with E-state index >= 15 is 0 Å². The highest BCUT2D eigenvalue weighted by molar-refractivity contribution is 8.00. The van der Waals surface area contributed by atoms with Crippen LogP contribution >= 0.6 is 11.8 Å². The summed E-state index contributed by atoms with van der Waals surface area (Å²) in [5, 5.41) is 3.19. The van der Waals surface area contributed by atoms with E-state index in [-0.39, 0.29) is 6.03 Å². The molecule has 2 aliphatic rings. The predicted octanol–water partition coefficient (Wildman–Crippen LogP) is 3.49. The normalized spacial score (nSPS) is 24.2. The van der Waals surface area contributed by atoms with E-state index in [0.717, 1.165) is 38.4 Å². The largest absolute Gasteiger partial charge is 0.337 e. The smallest absolute Gasteiger partial charge is 0.317 e. The maximum atomic E-state index is 12.2. The van der Waals surface area contributed by atoms with Gasteiger partial charge in [0.15, 0.2) is 0 Å². The molecule has 1 saturated carbocycles. The fraction of sp³-hybridized carbons (Fsp3) is 0.933. The van der Waals surface area contributed by atoms with Gasteiger partial charge >= 0.3 is 6.03 Å². The van der Waals surface area contributed by atoms with Gasteiger partial charge in [0.2, 0.25) is 0 Å². The zero-order valence-corrected chi connectivity index (χ0v) is 13.2. The zero-order chi connectivity index (χ0) is 13.7. The molecule has 0 spiro atoms. The van der Waals surface area contributed by atoms with Crippen molar-refractivity contribution in [2.24, 2.45) is 5.92 Å². The summed E-state index contributed by atoms with van der Waals surface area (Å²) < 4.78 is 0.303. The molecule has 0 aromatic carbocycles. The lowest BCUT2D eigenvalue weighted by molar-refractivity contribution is 0.172. The van der Waals surface area contributed by atoms with Crippen LogP contribution < -0.4 is 5.32 Å². The molecule has 0 atom stereocenters. The molecule has 4 heteroatoms. The second-order valence-corrected chi connectivity index (χ2v) is 7.55. The molecule has 2 fully saturated rings. The first-order chi connectivity index (χ1) is 9.15. The molecule has 2 rings (SSSR count). The Morgan fingerprint density at radius 2 is 1.89 bits per heavy atom. The van der Waals surface area contributed by atoms with Crippen molar-refractivity contribution in [2.75, 3.05) is 25.9 Å². The first kappa shape index (κ1) is 15.0. The SMILES string of the molecule is CSC1(CNC(=O)N2CCC(C)CC2)CCCCC1. The molecule has 2 amide bonds. The van der Waals surface area contributed by atoms with Crippen LogP contribution in [-0.2, 0) is 0 Å². The molecule has 1 aliphatic carbocycles. The van der Waals surface area contributed by atoms with Gasteiger partial charge in [0.1, 0.15) is 0 Å². The minimum absolute atomic E-state index is 0.158. The summed E-state index contributed by atoms with van der Waals surface area (Å²) in [6, 6.07) is 0.158. The number of carbonyl (C=O) groups excluding carboxylic acids is 1. The molecule has 0 aromatic rings. The van der Waals surface area contributed by atoms with E-state index in [1.807, 2.05) is 16.7 Å². The van der Waals surface area contributed by atoms with Gasteiger partial charge in [0, 0.05) is 24.4 Å². The first-order valence-electron chi connectivity index (χ1n) is 7.73. The van der Waals surface area contributed by atoms with Crippen molar-refractivity contribution in [1.29, 1.82) is 0 Å². The standard InChI is InChI=1S/C15H28N2OS/c1-13-6-10-17(11-7-13)14(18)16-12-15(19-2)8-4-3-5-9-15/h13H,3-12H2,1-2H3,(H,16,18). The van der Waals surface area contributed by atoms with Crippen LogP contribution in [0.25, 0.3) is 0 Å². The molecule has 1 N–H and O–H groups in total. The first-order valence-corrected chi connectivity index (χ1v) is 8.96. The number of likely N-dealkylation sites (tertiary alicyclic amines) is 1. The zero-order valence-electron chi connectivity index (χ0n) is 12.4. The number of hydrogen-bond acceptors (Lipinski definition) is 2. The number of urea groups is 1. The van der Waals surface area contributed by atoms with Gasteiger partial charge in [0.05, 0.1) is 0 Å². The van der Waals surface area contributed by atoms with E-state index < -0.39 is 0 Å². The Labute approximate surface area is 121 Å². The molecule has 0 aromatic heterocycles. The predicted molar refractivity (Wildman–Crippen MR) is 82.7 cm³/mol. The minimum Gasteiger partial charge on any atom is -0.337 e. The van der Waals surface area contributed by atoms with Crippen molar-refractivity contribution in [3.05, 3.63) is 0 Å². The van der Waals surface area contributed by atoms with Crippen LogP contribution in [-0.4, -0.2) is 41.6 Å². The highest BCUT2D eigenvalue weighted by atomic mass is 32.2. The van der Waals surface area contributed by atoms with E-state index in [0.29, 0.717) is 4.75 Å². The van der Waals surface area contributed by atoms with Crippen LogP contribution in [0.2, 0.25) is 0 Å². The van der Waals surface area contributed by atoms with E-state index in [2.05, 4.69) is 18.5 Å². The Balaban J connectivity index is 1.78. The summed E-state index contributed by atoms with van der Waals surface area (Å²) in [5.74, 6) is 0.778. The van der Waals surface area contributed by atoms with Gasteiger partial charge in [-0.25, -0.2) is 4.79 Å². The maximum absolute atomic E-state index is 12.2. The Bertz CT molecular complexity index is 295.